The van der Waals surface area contributed by atoms with Gasteiger partial charge in [0.1, 0.15) is 7.15 Å². The summed E-state index contributed by atoms with van der Waals surface area (Å²) >= 11 is 0. The molecule has 108 valence electrons. The lowest BCUT2D eigenvalue weighted by Crippen LogP contribution is -2.39. The number of ketones is 1. The molecule has 0 spiro atoms. The molecule has 0 aliphatic heterocycles. The SMILES string of the molecule is [2H]c1nc2c(c(=O)n(C([2H])([2H])C([2H])([2H])C([2H])([2H])C([2H])([2H])C(=O)C([2H])([2H])[2H])c(=O)n2C([2H])([2H])[2H])n1C([2H])([2H])[2H]. The Balaban J connectivity index is 3.14. The van der Waals surface area contributed by atoms with Crippen molar-refractivity contribution in [1.82, 2.24) is 18.7 Å². The second kappa shape index (κ2) is 5.44. The van der Waals surface area contributed by atoms with Crippen LogP contribution in [0.4, 0.5) is 0 Å². The maximum Gasteiger partial charge on any atom is 0.332 e. The zero-order valence-electron chi connectivity index (χ0n) is 27.5. The predicted molar refractivity (Wildman–Crippen MR) is 74.7 cm³/mol. The van der Waals surface area contributed by atoms with Gasteiger partial charge in [-0.15, -0.1) is 0 Å². The average Bonchev–Trinajstić information content (AvgIpc) is 3.01. The Hall–Kier alpha value is -2.18. The Morgan fingerprint density at radius 3 is 3.00 bits per heavy atom. The minimum atomic E-state index is -4.51. The maximum absolute atomic E-state index is 13.3. The first-order chi connectivity index (χ1) is 16.5. The summed E-state index contributed by atoms with van der Waals surface area (Å²) in [5.74, 6) is -2.49. The van der Waals surface area contributed by atoms with Gasteiger partial charge in [0.2, 0.25) is 0 Å². The van der Waals surface area contributed by atoms with E-state index in [0.717, 1.165) is 0 Å². The molecule has 0 N–H and O–H groups in total. The third-order valence-electron chi connectivity index (χ3n) is 2.10. The lowest BCUT2D eigenvalue weighted by atomic mass is 10.2. The zero-order valence-corrected chi connectivity index (χ0v) is 9.51. The number of imidazole rings is 1. The van der Waals surface area contributed by atoms with Crippen molar-refractivity contribution in [2.24, 2.45) is 14.0 Å². The number of hydrogen-bond acceptors (Lipinski definition) is 4. The first-order valence-electron chi connectivity index (χ1n) is 13.8. The van der Waals surface area contributed by atoms with Gasteiger partial charge >= 0.3 is 5.69 Å². The number of carbonyl (C=O) groups is 1. The molecule has 2 heterocycles. The fourth-order valence-corrected chi connectivity index (χ4v) is 1.30. The van der Waals surface area contributed by atoms with E-state index in [9.17, 15) is 14.4 Å². The average molecular weight is 296 g/mol. The molecular weight excluding hydrogens is 260 g/mol. The third kappa shape index (κ3) is 2.43. The second-order valence-electron chi connectivity index (χ2n) is 3.29. The Morgan fingerprint density at radius 1 is 1.45 bits per heavy atom. The highest BCUT2D eigenvalue weighted by Gasteiger charge is 2.14. The molecule has 0 unspecified atom stereocenters. The van der Waals surface area contributed by atoms with Crippen LogP contribution in [0.25, 0.3) is 11.2 Å². The molecule has 2 aromatic rings. The molecule has 0 aromatic carbocycles. The van der Waals surface area contributed by atoms with Crippen LogP contribution < -0.4 is 11.2 Å². The lowest BCUT2D eigenvalue weighted by Gasteiger charge is -2.08. The summed E-state index contributed by atoms with van der Waals surface area (Å²) in [4.78, 5) is 41.8. The van der Waals surface area contributed by atoms with Crippen LogP contribution in [0.3, 0.4) is 0 Å². The van der Waals surface area contributed by atoms with Crippen molar-refractivity contribution in [3.63, 3.8) is 0 Å². The van der Waals surface area contributed by atoms with Crippen LogP contribution in [0.5, 0.6) is 0 Å². The van der Waals surface area contributed by atoms with Crippen molar-refractivity contribution in [1.29, 1.82) is 0 Å². The summed E-state index contributed by atoms with van der Waals surface area (Å²) in [6, 6.07) is 0. The van der Waals surface area contributed by atoms with E-state index in [0.29, 0.717) is 0 Å². The molecule has 7 nitrogen and oxygen atoms in total. The Labute approximate surface area is 140 Å². The number of hydrogen-bond donors (Lipinski definition) is 0. The van der Waals surface area contributed by atoms with Crippen molar-refractivity contribution in [3.8, 4) is 0 Å². The van der Waals surface area contributed by atoms with Crippen molar-refractivity contribution in [2.45, 2.75) is 32.5 Å². The first-order valence-corrected chi connectivity index (χ1v) is 4.82. The number of nitrogens with zero attached hydrogens (tertiary/aromatic N) is 4. The molecule has 0 saturated heterocycles. The third-order valence-corrected chi connectivity index (χ3v) is 2.10. The van der Waals surface area contributed by atoms with E-state index in [2.05, 4.69) is 4.98 Å². The summed E-state index contributed by atoms with van der Waals surface area (Å²) in [7, 11) is 0. The maximum atomic E-state index is 13.3. The van der Waals surface area contributed by atoms with Gasteiger partial charge in [-0.25, -0.2) is 9.78 Å². The summed E-state index contributed by atoms with van der Waals surface area (Å²) in [6.45, 7) is -15.4. The van der Waals surface area contributed by atoms with Crippen LogP contribution in [0.15, 0.2) is 15.9 Å². The van der Waals surface area contributed by atoms with E-state index in [1.165, 1.54) is 0 Å². The first kappa shape index (κ1) is 3.72. The van der Waals surface area contributed by atoms with Crippen LogP contribution in [0.1, 0.15) is 50.6 Å². The number of rotatable bonds is 5. The molecule has 0 aliphatic rings. The van der Waals surface area contributed by atoms with Gasteiger partial charge in [-0.1, -0.05) is 0 Å². The highest BCUT2D eigenvalue weighted by atomic mass is 16.2. The van der Waals surface area contributed by atoms with Gasteiger partial charge in [-0.05, 0) is 19.6 Å². The molecule has 0 saturated carbocycles. The van der Waals surface area contributed by atoms with Crippen LogP contribution in [-0.2, 0) is 25.2 Å². The molecule has 20 heavy (non-hydrogen) atoms. The number of aryl methyl sites for hydroxylation is 2. The van der Waals surface area contributed by atoms with Gasteiger partial charge in [0.25, 0.3) is 5.56 Å². The number of Topliss-reactive ketones (excluding diaryl/α,β-unsaturated/α-hetero) is 1. The normalized spacial score (nSPS) is 29.2. The van der Waals surface area contributed by atoms with E-state index < -0.39 is 90.1 Å². The zero-order chi connectivity index (χ0) is 30.4. The van der Waals surface area contributed by atoms with Gasteiger partial charge in [-0.3, -0.25) is 13.9 Å². The van der Waals surface area contributed by atoms with Gasteiger partial charge in [-0.2, -0.15) is 0 Å². The minimum absolute atomic E-state index is 0.166. The molecule has 0 radical (unpaired) electrons. The van der Waals surface area contributed by atoms with E-state index in [4.69, 9.17) is 24.7 Å². The van der Waals surface area contributed by atoms with Crippen molar-refractivity contribution in [2.75, 3.05) is 0 Å². The minimum Gasteiger partial charge on any atom is -0.328 e. The monoisotopic (exact) mass is 296 g/mol. The van der Waals surface area contributed by atoms with Crippen LogP contribution >= 0.6 is 0 Å². The Morgan fingerprint density at radius 2 is 2.30 bits per heavy atom. The van der Waals surface area contributed by atoms with Crippen molar-refractivity contribution < 1.29 is 29.5 Å². The second-order valence-corrected chi connectivity index (χ2v) is 3.29. The van der Waals surface area contributed by atoms with Gasteiger partial charge in [0.15, 0.2) is 11.2 Å². The lowest BCUT2D eigenvalue weighted by molar-refractivity contribution is -0.117. The smallest absolute Gasteiger partial charge is 0.328 e. The molecular formula is C13H18N4O3. The number of aromatic nitrogens is 4. The highest BCUT2D eigenvalue weighted by Crippen LogP contribution is 2.04. The summed E-state index contributed by atoms with van der Waals surface area (Å²) in [5.41, 5.74) is -6.96. The molecule has 0 aliphatic carbocycles. The van der Waals surface area contributed by atoms with E-state index in [-0.39, 0.29) is 4.57 Å². The largest absolute Gasteiger partial charge is 0.332 e. The van der Waals surface area contributed by atoms with Crippen molar-refractivity contribution >= 4 is 16.9 Å². The Bertz CT molecular complexity index is 1400. The van der Waals surface area contributed by atoms with Crippen LogP contribution in [0, 0.1) is 0 Å². The quantitative estimate of drug-likeness (QED) is 0.789. The molecule has 7 heteroatoms. The number of carbonyl (C=O) groups excluding carboxylic acids is 1. The molecule has 0 fully saturated rings. The molecule has 0 bridgehead atoms. The molecule has 2 rings (SSSR count). The highest BCUT2D eigenvalue weighted by molar-refractivity contribution is 5.75. The van der Waals surface area contributed by atoms with Gasteiger partial charge in [0.05, 0.1) is 9.04 Å². The standard InChI is InChI=1S/C13H18N4O3/c1-9(18)6-4-5-7-17-12(19)10-11(14-8-15(10)2)16(3)13(17)20/h8H,4-7H2,1-3H3/i1D3,2D3,3D3,4D2,5D2,6D2,7D2,8D. The summed E-state index contributed by atoms with van der Waals surface area (Å²) < 4.78 is 136. The van der Waals surface area contributed by atoms with E-state index in [1.54, 1.807) is 0 Å². The van der Waals surface area contributed by atoms with E-state index in [1.807, 2.05) is 0 Å². The number of fused-ring (bicyclic) bond motifs is 1. The van der Waals surface area contributed by atoms with Crippen molar-refractivity contribution in [3.05, 3.63) is 27.1 Å². The summed E-state index contributed by atoms with van der Waals surface area (Å²) in [6.07, 6.45) is -14.6. The van der Waals surface area contributed by atoms with Gasteiger partial charge in [0, 0.05) is 47.4 Å². The Kier molecular flexibility index (Phi) is 1.01. The molecule has 0 atom stereocenters. The fraction of sp³-hybridized carbons (Fsp3) is 0.538. The topological polar surface area (TPSA) is 78.9 Å². The molecule has 2 aromatic heterocycles. The van der Waals surface area contributed by atoms with Crippen LogP contribution in [0.2, 0.25) is 0 Å². The van der Waals surface area contributed by atoms with Crippen LogP contribution in [-0.4, -0.2) is 24.5 Å². The fourth-order valence-electron chi connectivity index (χ4n) is 1.30. The molecule has 0 amide bonds. The predicted octanol–water partition coefficient (Wildman–Crippen LogP) is 0.193. The van der Waals surface area contributed by atoms with E-state index >= 15 is 0 Å². The summed E-state index contributed by atoms with van der Waals surface area (Å²) in [5, 5.41) is 0. The van der Waals surface area contributed by atoms with Gasteiger partial charge < -0.3 is 9.36 Å².